The highest BCUT2D eigenvalue weighted by molar-refractivity contribution is 5.78. The molecule has 3 nitrogen and oxygen atoms in total. The van der Waals surface area contributed by atoms with E-state index in [9.17, 15) is 5.21 Å². The number of rotatable bonds is 1. The zero-order valence-corrected chi connectivity index (χ0v) is 4.69. The van der Waals surface area contributed by atoms with E-state index in [2.05, 4.69) is 10.1 Å². The molecular formula is C6H5N2O. The summed E-state index contributed by atoms with van der Waals surface area (Å²) < 4.78 is 0. The molecule has 1 heterocycles. The molecule has 3 heteroatoms. The van der Waals surface area contributed by atoms with E-state index in [0.29, 0.717) is 0 Å². The summed E-state index contributed by atoms with van der Waals surface area (Å²) >= 11 is 0. The van der Waals surface area contributed by atoms with Crippen molar-refractivity contribution in [2.75, 3.05) is 0 Å². The van der Waals surface area contributed by atoms with E-state index in [1.807, 2.05) is 0 Å². The molecule has 0 aliphatic carbocycles. The van der Waals surface area contributed by atoms with Crippen LogP contribution in [0, 0.1) is 0 Å². The maximum Gasteiger partial charge on any atom is 0.0788 e. The minimum atomic E-state index is 0.778. The third kappa shape index (κ3) is 1.53. The van der Waals surface area contributed by atoms with E-state index in [-0.39, 0.29) is 0 Å². The summed E-state index contributed by atoms with van der Waals surface area (Å²) in [6.07, 6.45) is 4.45. The second kappa shape index (κ2) is 2.81. The molecule has 0 bridgehead atoms. The van der Waals surface area contributed by atoms with E-state index in [1.54, 1.807) is 24.5 Å². The molecule has 0 aliphatic rings. The van der Waals surface area contributed by atoms with Gasteiger partial charge in [0.15, 0.2) is 0 Å². The van der Waals surface area contributed by atoms with Gasteiger partial charge in [0.25, 0.3) is 0 Å². The van der Waals surface area contributed by atoms with Crippen LogP contribution in [0.5, 0.6) is 0 Å². The number of hydrogen-bond acceptors (Lipinski definition) is 2. The molecule has 0 fully saturated rings. The van der Waals surface area contributed by atoms with Crippen molar-refractivity contribution in [3.63, 3.8) is 0 Å². The lowest BCUT2D eigenvalue weighted by molar-refractivity contribution is 0.211. The Morgan fingerprint density at radius 1 is 1.44 bits per heavy atom. The first-order chi connectivity index (χ1) is 4.43. The maximum absolute atomic E-state index is 9.65. The van der Waals surface area contributed by atoms with Gasteiger partial charge in [-0.3, -0.25) is 4.98 Å². The molecule has 0 unspecified atom stereocenters. The summed E-state index contributed by atoms with van der Waals surface area (Å²) in [6, 6.07) is 3.42. The first-order valence-electron chi connectivity index (χ1n) is 2.49. The van der Waals surface area contributed by atoms with Crippen molar-refractivity contribution < 1.29 is 5.21 Å². The molecule has 0 aliphatic heterocycles. The molecule has 1 rings (SSSR count). The fraction of sp³-hybridized carbons (Fsp3) is 0. The second-order valence-electron chi connectivity index (χ2n) is 1.52. The van der Waals surface area contributed by atoms with Gasteiger partial charge in [-0.2, -0.15) is 0 Å². The van der Waals surface area contributed by atoms with Crippen molar-refractivity contribution in [1.82, 2.24) is 4.98 Å². The summed E-state index contributed by atoms with van der Waals surface area (Å²) in [5, 5.41) is 12.3. The smallest absolute Gasteiger partial charge is 0.0788 e. The van der Waals surface area contributed by atoms with Crippen LogP contribution >= 0.6 is 0 Å². The summed E-state index contributed by atoms with van der Waals surface area (Å²) in [5.74, 6) is 0. The van der Waals surface area contributed by atoms with Crippen LogP contribution in [-0.2, 0) is 5.21 Å². The Morgan fingerprint density at radius 2 is 2.11 bits per heavy atom. The average molecular weight is 121 g/mol. The molecule has 0 aromatic carbocycles. The molecule has 45 valence electrons. The molecule has 0 N–H and O–H groups in total. The van der Waals surface area contributed by atoms with Gasteiger partial charge in [-0.05, 0) is 22.9 Å². The van der Waals surface area contributed by atoms with Crippen molar-refractivity contribution in [2.45, 2.75) is 0 Å². The highest BCUT2D eigenvalue weighted by Crippen LogP contribution is 1.89. The molecular weight excluding hydrogens is 116 g/mol. The lowest BCUT2D eigenvalue weighted by Crippen LogP contribution is -1.78. The number of aromatic nitrogens is 1. The SMILES string of the molecule is [O]N=Cc1ccncc1. The van der Waals surface area contributed by atoms with Crippen LogP contribution in [0.2, 0.25) is 0 Å². The van der Waals surface area contributed by atoms with E-state index < -0.39 is 0 Å². The Kier molecular flexibility index (Phi) is 1.80. The number of nitrogens with zero attached hydrogens (tertiary/aromatic N) is 2. The Bertz CT molecular complexity index is 195. The third-order valence-corrected chi connectivity index (χ3v) is 0.908. The van der Waals surface area contributed by atoms with Crippen LogP contribution in [0.4, 0.5) is 0 Å². The van der Waals surface area contributed by atoms with Crippen molar-refractivity contribution in [3.8, 4) is 0 Å². The predicted molar refractivity (Wildman–Crippen MR) is 32.5 cm³/mol. The lowest BCUT2D eigenvalue weighted by Gasteiger charge is -1.83. The van der Waals surface area contributed by atoms with Crippen molar-refractivity contribution in [3.05, 3.63) is 30.1 Å². The van der Waals surface area contributed by atoms with Gasteiger partial charge in [-0.1, -0.05) is 0 Å². The fourth-order valence-corrected chi connectivity index (χ4v) is 0.510. The largest absolute Gasteiger partial charge is 0.265 e. The monoisotopic (exact) mass is 121 g/mol. The molecule has 0 atom stereocenters. The molecule has 0 amide bonds. The molecule has 0 spiro atoms. The zero-order valence-electron chi connectivity index (χ0n) is 4.69. The molecule has 1 aromatic rings. The van der Waals surface area contributed by atoms with Crippen molar-refractivity contribution >= 4 is 6.21 Å². The standard InChI is InChI=1S/C6H5N2O/c9-8-5-6-1-3-7-4-2-6/h1-5H. The van der Waals surface area contributed by atoms with Gasteiger partial charge in [-0.25, -0.2) is 0 Å². The second-order valence-corrected chi connectivity index (χ2v) is 1.52. The first kappa shape index (κ1) is 5.75. The number of hydrogen-bond donors (Lipinski definition) is 0. The summed E-state index contributed by atoms with van der Waals surface area (Å²) in [7, 11) is 0. The van der Waals surface area contributed by atoms with Crippen LogP contribution in [0.25, 0.3) is 0 Å². The molecule has 9 heavy (non-hydrogen) atoms. The molecule has 1 aromatic heterocycles. The summed E-state index contributed by atoms with van der Waals surface area (Å²) in [5.41, 5.74) is 0.778. The quantitative estimate of drug-likeness (QED) is 0.401. The summed E-state index contributed by atoms with van der Waals surface area (Å²) in [6.45, 7) is 0. The van der Waals surface area contributed by atoms with Crippen LogP contribution < -0.4 is 0 Å². The zero-order chi connectivity index (χ0) is 6.53. The van der Waals surface area contributed by atoms with Gasteiger partial charge < -0.3 is 0 Å². The van der Waals surface area contributed by atoms with E-state index in [0.717, 1.165) is 5.56 Å². The van der Waals surface area contributed by atoms with Gasteiger partial charge in [0.1, 0.15) is 0 Å². The van der Waals surface area contributed by atoms with Crippen molar-refractivity contribution in [2.24, 2.45) is 5.16 Å². The van der Waals surface area contributed by atoms with Crippen LogP contribution in [0.1, 0.15) is 5.56 Å². The van der Waals surface area contributed by atoms with E-state index in [1.165, 1.54) is 6.21 Å². The van der Waals surface area contributed by atoms with Gasteiger partial charge >= 0.3 is 0 Å². The van der Waals surface area contributed by atoms with Gasteiger partial charge in [0, 0.05) is 12.4 Å². The lowest BCUT2D eigenvalue weighted by atomic mass is 10.3. The minimum absolute atomic E-state index is 0.778. The number of pyridine rings is 1. The van der Waals surface area contributed by atoms with E-state index in [4.69, 9.17) is 0 Å². The predicted octanol–water partition coefficient (Wildman–Crippen LogP) is 0.846. The average Bonchev–Trinajstić information content (AvgIpc) is 1.91. The molecule has 0 saturated carbocycles. The summed E-state index contributed by atoms with van der Waals surface area (Å²) in [4.78, 5) is 3.76. The third-order valence-electron chi connectivity index (χ3n) is 0.908. The first-order valence-corrected chi connectivity index (χ1v) is 2.49. The molecule has 1 radical (unpaired) electrons. The van der Waals surface area contributed by atoms with Crippen LogP contribution in [0.15, 0.2) is 29.7 Å². The topological polar surface area (TPSA) is 45.1 Å². The Morgan fingerprint density at radius 3 is 2.67 bits per heavy atom. The minimum Gasteiger partial charge on any atom is -0.265 e. The highest BCUT2D eigenvalue weighted by atomic mass is 16.4. The highest BCUT2D eigenvalue weighted by Gasteiger charge is 1.81. The Labute approximate surface area is 52.7 Å². The van der Waals surface area contributed by atoms with Gasteiger partial charge in [0.2, 0.25) is 0 Å². The van der Waals surface area contributed by atoms with E-state index >= 15 is 0 Å². The fourth-order valence-electron chi connectivity index (χ4n) is 0.510. The maximum atomic E-state index is 9.65. The Balaban J connectivity index is 2.85. The molecule has 0 saturated heterocycles. The van der Waals surface area contributed by atoms with Crippen molar-refractivity contribution in [1.29, 1.82) is 0 Å². The normalized spacial score (nSPS) is 10.2. The van der Waals surface area contributed by atoms with Gasteiger partial charge in [-0.15, -0.1) is 5.21 Å². The Hall–Kier alpha value is -1.38. The van der Waals surface area contributed by atoms with Crippen LogP contribution in [0.3, 0.4) is 0 Å². The van der Waals surface area contributed by atoms with Gasteiger partial charge in [0.05, 0.1) is 6.21 Å². The van der Waals surface area contributed by atoms with Crippen LogP contribution in [-0.4, -0.2) is 11.2 Å².